The minimum atomic E-state index is -0.177. The summed E-state index contributed by atoms with van der Waals surface area (Å²) in [6, 6.07) is 7.47. The summed E-state index contributed by atoms with van der Waals surface area (Å²) in [5, 5.41) is 0.650. The van der Waals surface area contributed by atoms with Gasteiger partial charge in [0.15, 0.2) is 0 Å². The molecule has 0 fully saturated rings. The summed E-state index contributed by atoms with van der Waals surface area (Å²) in [6.07, 6.45) is 3.51. The predicted molar refractivity (Wildman–Crippen MR) is 61.6 cm³/mol. The van der Waals surface area contributed by atoms with E-state index in [1.54, 1.807) is 12.4 Å². The molecule has 0 atom stereocenters. The largest absolute Gasteiger partial charge is 0.307 e. The minimum absolute atomic E-state index is 0.177. The molecule has 0 bridgehead atoms. The maximum absolute atomic E-state index is 11.5. The second-order valence-corrected chi connectivity index (χ2v) is 3.68. The van der Waals surface area contributed by atoms with E-state index in [0.717, 1.165) is 11.1 Å². The SMILES string of the molecule is CC(C)=Cn1cnc(=O)c2ccccc21. The predicted octanol–water partition coefficient (Wildman–Crippen LogP) is 2.28. The van der Waals surface area contributed by atoms with Gasteiger partial charge >= 0.3 is 0 Å². The monoisotopic (exact) mass is 200 g/mol. The van der Waals surface area contributed by atoms with Gasteiger partial charge in [0, 0.05) is 6.20 Å². The Morgan fingerprint density at radius 3 is 2.80 bits per heavy atom. The third-order valence-corrected chi connectivity index (χ3v) is 2.11. The Hall–Kier alpha value is -1.90. The molecule has 0 saturated heterocycles. The van der Waals surface area contributed by atoms with E-state index < -0.39 is 0 Å². The van der Waals surface area contributed by atoms with E-state index in [0.29, 0.717) is 5.39 Å². The van der Waals surface area contributed by atoms with Gasteiger partial charge in [-0.25, -0.2) is 0 Å². The number of fused-ring (bicyclic) bond motifs is 1. The molecule has 2 aromatic rings. The summed E-state index contributed by atoms with van der Waals surface area (Å²) < 4.78 is 1.87. The highest BCUT2D eigenvalue weighted by Crippen LogP contribution is 2.09. The van der Waals surface area contributed by atoms with Crippen molar-refractivity contribution >= 4 is 17.1 Å². The van der Waals surface area contributed by atoms with Crippen LogP contribution in [0.15, 0.2) is 41.0 Å². The molecule has 0 saturated carbocycles. The Labute approximate surface area is 87.7 Å². The molecule has 0 radical (unpaired) electrons. The van der Waals surface area contributed by atoms with Gasteiger partial charge < -0.3 is 4.57 Å². The molecule has 1 aromatic heterocycles. The summed E-state index contributed by atoms with van der Waals surface area (Å²) >= 11 is 0. The molecule has 76 valence electrons. The molecular weight excluding hydrogens is 188 g/mol. The van der Waals surface area contributed by atoms with Crippen LogP contribution in [0, 0.1) is 0 Å². The molecule has 0 aliphatic carbocycles. The van der Waals surface area contributed by atoms with Crippen molar-refractivity contribution in [2.45, 2.75) is 13.8 Å². The quantitative estimate of drug-likeness (QED) is 0.707. The van der Waals surface area contributed by atoms with Gasteiger partial charge in [0.1, 0.15) is 6.33 Å². The van der Waals surface area contributed by atoms with Crippen molar-refractivity contribution in [3.8, 4) is 0 Å². The number of benzene rings is 1. The van der Waals surface area contributed by atoms with Crippen LogP contribution in [0.3, 0.4) is 0 Å². The average molecular weight is 200 g/mol. The lowest BCUT2D eigenvalue weighted by Crippen LogP contribution is -2.09. The van der Waals surface area contributed by atoms with E-state index in [4.69, 9.17) is 0 Å². The molecule has 3 heteroatoms. The van der Waals surface area contributed by atoms with E-state index >= 15 is 0 Å². The number of para-hydroxylation sites is 1. The van der Waals surface area contributed by atoms with Gasteiger partial charge in [0.25, 0.3) is 5.56 Å². The molecule has 2 rings (SSSR count). The molecule has 0 aliphatic heterocycles. The van der Waals surface area contributed by atoms with Gasteiger partial charge in [-0.15, -0.1) is 0 Å². The molecular formula is C12H12N2O. The Kier molecular flexibility index (Phi) is 2.37. The molecule has 0 unspecified atom stereocenters. The van der Waals surface area contributed by atoms with Crippen LogP contribution in [0.25, 0.3) is 17.1 Å². The first-order valence-electron chi connectivity index (χ1n) is 4.79. The van der Waals surface area contributed by atoms with Gasteiger partial charge in [-0.1, -0.05) is 17.7 Å². The first kappa shape index (κ1) is 9.65. The van der Waals surface area contributed by atoms with E-state index in [-0.39, 0.29) is 5.56 Å². The molecule has 1 heterocycles. The van der Waals surface area contributed by atoms with Crippen LogP contribution in [0.5, 0.6) is 0 Å². The van der Waals surface area contributed by atoms with Crippen molar-refractivity contribution in [1.82, 2.24) is 9.55 Å². The summed E-state index contributed by atoms with van der Waals surface area (Å²) in [6.45, 7) is 4.01. The van der Waals surface area contributed by atoms with Gasteiger partial charge in [0.2, 0.25) is 0 Å². The van der Waals surface area contributed by atoms with E-state index in [1.165, 1.54) is 0 Å². The first-order valence-corrected chi connectivity index (χ1v) is 4.79. The van der Waals surface area contributed by atoms with E-state index in [9.17, 15) is 4.79 Å². The lowest BCUT2D eigenvalue weighted by Gasteiger charge is -2.04. The van der Waals surface area contributed by atoms with Crippen molar-refractivity contribution in [1.29, 1.82) is 0 Å². The fourth-order valence-electron chi connectivity index (χ4n) is 1.51. The number of rotatable bonds is 1. The topological polar surface area (TPSA) is 34.9 Å². The maximum atomic E-state index is 11.5. The molecule has 0 spiro atoms. The van der Waals surface area contributed by atoms with Crippen LogP contribution in [-0.2, 0) is 0 Å². The molecule has 0 amide bonds. The number of hydrogen-bond donors (Lipinski definition) is 0. The number of aromatic nitrogens is 2. The fourth-order valence-corrected chi connectivity index (χ4v) is 1.51. The summed E-state index contributed by atoms with van der Waals surface area (Å²) in [7, 11) is 0. The van der Waals surface area contributed by atoms with Gasteiger partial charge in [-0.3, -0.25) is 4.79 Å². The normalized spacial score (nSPS) is 10.3. The van der Waals surface area contributed by atoms with Gasteiger partial charge in [-0.2, -0.15) is 4.98 Å². The smallest absolute Gasteiger partial charge is 0.280 e. The zero-order valence-corrected chi connectivity index (χ0v) is 8.77. The number of nitrogens with zero attached hydrogens (tertiary/aromatic N) is 2. The molecule has 0 N–H and O–H groups in total. The van der Waals surface area contributed by atoms with Crippen molar-refractivity contribution in [3.05, 3.63) is 46.5 Å². The van der Waals surface area contributed by atoms with Crippen molar-refractivity contribution in [2.75, 3.05) is 0 Å². The third-order valence-electron chi connectivity index (χ3n) is 2.11. The Bertz CT molecular complexity index is 577. The Morgan fingerprint density at radius 2 is 2.07 bits per heavy atom. The van der Waals surface area contributed by atoms with Crippen molar-refractivity contribution in [3.63, 3.8) is 0 Å². The Morgan fingerprint density at radius 1 is 1.33 bits per heavy atom. The van der Waals surface area contributed by atoms with Crippen LogP contribution < -0.4 is 5.56 Å². The molecule has 1 aromatic carbocycles. The number of hydrogen-bond acceptors (Lipinski definition) is 2. The molecule has 0 aliphatic rings. The summed E-state index contributed by atoms with van der Waals surface area (Å²) in [5.74, 6) is 0. The zero-order chi connectivity index (χ0) is 10.8. The highest BCUT2D eigenvalue weighted by molar-refractivity contribution is 5.79. The van der Waals surface area contributed by atoms with Crippen molar-refractivity contribution in [2.24, 2.45) is 0 Å². The molecule has 15 heavy (non-hydrogen) atoms. The molecule has 3 nitrogen and oxygen atoms in total. The second kappa shape index (κ2) is 3.69. The lowest BCUT2D eigenvalue weighted by atomic mass is 10.2. The fraction of sp³-hybridized carbons (Fsp3) is 0.167. The minimum Gasteiger partial charge on any atom is -0.307 e. The van der Waals surface area contributed by atoms with Crippen LogP contribution in [0.4, 0.5) is 0 Å². The lowest BCUT2D eigenvalue weighted by molar-refractivity contribution is 1.06. The highest BCUT2D eigenvalue weighted by atomic mass is 16.1. The van der Waals surface area contributed by atoms with Gasteiger partial charge in [-0.05, 0) is 26.0 Å². The second-order valence-electron chi connectivity index (χ2n) is 3.68. The average Bonchev–Trinajstić information content (AvgIpc) is 2.22. The van der Waals surface area contributed by atoms with Crippen LogP contribution >= 0.6 is 0 Å². The summed E-state index contributed by atoms with van der Waals surface area (Å²) in [4.78, 5) is 15.3. The van der Waals surface area contributed by atoms with Gasteiger partial charge in [0.05, 0.1) is 10.9 Å². The third kappa shape index (κ3) is 1.81. The Balaban J connectivity index is 2.83. The standard InChI is InChI=1S/C12H12N2O/c1-9(2)7-14-8-13-12(15)10-5-3-4-6-11(10)14/h3-8H,1-2H3. The van der Waals surface area contributed by atoms with Crippen LogP contribution in [0.1, 0.15) is 13.8 Å². The highest BCUT2D eigenvalue weighted by Gasteiger charge is 2.00. The van der Waals surface area contributed by atoms with Crippen LogP contribution in [0.2, 0.25) is 0 Å². The maximum Gasteiger partial charge on any atom is 0.280 e. The van der Waals surface area contributed by atoms with Crippen molar-refractivity contribution < 1.29 is 0 Å². The van der Waals surface area contributed by atoms with E-state index in [2.05, 4.69) is 4.98 Å². The number of allylic oxidation sites excluding steroid dienone is 1. The summed E-state index contributed by atoms with van der Waals surface area (Å²) in [5.41, 5.74) is 1.87. The van der Waals surface area contributed by atoms with E-state index in [1.807, 2.05) is 42.8 Å². The zero-order valence-electron chi connectivity index (χ0n) is 8.77. The first-order chi connectivity index (χ1) is 7.18. The van der Waals surface area contributed by atoms with Crippen LogP contribution in [-0.4, -0.2) is 9.55 Å².